The van der Waals surface area contributed by atoms with Crippen molar-refractivity contribution in [2.45, 2.75) is 38.4 Å². The van der Waals surface area contributed by atoms with Gasteiger partial charge in [0.05, 0.1) is 0 Å². The molecule has 7 heavy (non-hydrogen) atoms. The van der Waals surface area contributed by atoms with E-state index in [0.717, 1.165) is 0 Å². The number of hydrogen-bond donors (Lipinski definition) is 1. The van der Waals surface area contributed by atoms with Crippen LogP contribution in [0.25, 0.3) is 0 Å². The molecule has 0 aromatic heterocycles. The lowest BCUT2D eigenvalue weighted by molar-refractivity contribution is 0.724. The second-order valence-corrected chi connectivity index (χ2v) is 2.58. The highest BCUT2D eigenvalue weighted by molar-refractivity contribution is 7.80. The topological polar surface area (TPSA) is 0 Å². The molecular weight excluding hydrogens is 104 g/mol. The summed E-state index contributed by atoms with van der Waals surface area (Å²) >= 11 is 4.31. The van der Waals surface area contributed by atoms with Crippen LogP contribution in [0.5, 0.6) is 0 Å². The molecule has 0 heterocycles. The van der Waals surface area contributed by atoms with Gasteiger partial charge in [-0.1, -0.05) is 20.3 Å². The molecule has 0 bridgehead atoms. The van der Waals surface area contributed by atoms with Gasteiger partial charge in [0.15, 0.2) is 0 Å². The van der Waals surface area contributed by atoms with E-state index in [2.05, 4.69) is 26.5 Å². The van der Waals surface area contributed by atoms with Crippen molar-refractivity contribution in [3.05, 3.63) is 0 Å². The van der Waals surface area contributed by atoms with Crippen LogP contribution in [0.1, 0.15) is 33.1 Å². The van der Waals surface area contributed by atoms with Gasteiger partial charge in [-0.05, 0) is 12.8 Å². The molecule has 44 valence electrons. The van der Waals surface area contributed by atoms with Gasteiger partial charge < -0.3 is 0 Å². The zero-order chi connectivity index (χ0) is 5.70. The molecule has 1 heteroatoms. The highest BCUT2D eigenvalue weighted by Crippen LogP contribution is 2.06. The molecule has 1 unspecified atom stereocenters. The smallest absolute Gasteiger partial charge is 0.00140 e. The fraction of sp³-hybridized carbons (Fsp3) is 1.00. The maximum absolute atomic E-state index is 4.31. The summed E-state index contributed by atoms with van der Waals surface area (Å²) in [5.74, 6) is 0. The van der Waals surface area contributed by atoms with E-state index in [0.29, 0.717) is 5.25 Å². The average Bonchev–Trinajstić information content (AvgIpc) is 1.68. The molecule has 0 radical (unpaired) electrons. The number of hydrogen-bond acceptors (Lipinski definition) is 1. The van der Waals surface area contributed by atoms with Crippen molar-refractivity contribution in [3.63, 3.8) is 0 Å². The van der Waals surface area contributed by atoms with E-state index in [1.54, 1.807) is 0 Å². The Kier molecular flexibility index (Phi) is 4.73. The minimum Gasteiger partial charge on any atom is -0.176 e. The summed E-state index contributed by atoms with van der Waals surface area (Å²) in [6.45, 7) is 4.37. The first-order valence-electron chi connectivity index (χ1n) is 2.99. The number of rotatable bonds is 3. The van der Waals surface area contributed by atoms with Gasteiger partial charge in [0.1, 0.15) is 0 Å². The summed E-state index contributed by atoms with van der Waals surface area (Å²) < 4.78 is 0. The molecule has 0 aliphatic heterocycles. The van der Waals surface area contributed by atoms with Crippen molar-refractivity contribution in [1.29, 1.82) is 0 Å². The summed E-state index contributed by atoms with van der Waals surface area (Å²) in [5, 5.41) is 0.644. The molecule has 0 saturated heterocycles. The first kappa shape index (κ1) is 7.35. The van der Waals surface area contributed by atoms with E-state index in [-0.39, 0.29) is 0 Å². The number of thiol groups is 1. The maximum Gasteiger partial charge on any atom is 0.00140 e. The summed E-state index contributed by atoms with van der Waals surface area (Å²) in [6, 6.07) is 0. The van der Waals surface area contributed by atoms with Gasteiger partial charge in [-0.3, -0.25) is 0 Å². The minimum atomic E-state index is 0.644. The summed E-state index contributed by atoms with van der Waals surface area (Å²) in [6.07, 6.45) is 3.73. The van der Waals surface area contributed by atoms with Crippen molar-refractivity contribution < 1.29 is 0 Å². The van der Waals surface area contributed by atoms with Gasteiger partial charge >= 0.3 is 0 Å². The predicted octanol–water partition coefficient (Wildman–Crippen LogP) is 2.49. The SMILES string of the molecule is CCCC(S)CC. The Bertz CT molecular complexity index is 35.2. The highest BCUT2D eigenvalue weighted by Gasteiger charge is 1.93. The Morgan fingerprint density at radius 2 is 2.00 bits per heavy atom. The summed E-state index contributed by atoms with van der Waals surface area (Å²) in [4.78, 5) is 0. The molecule has 0 aromatic carbocycles. The van der Waals surface area contributed by atoms with E-state index >= 15 is 0 Å². The lowest BCUT2D eigenvalue weighted by atomic mass is 10.2. The Hall–Kier alpha value is 0.350. The van der Waals surface area contributed by atoms with E-state index < -0.39 is 0 Å². The third-order valence-corrected chi connectivity index (χ3v) is 1.72. The fourth-order valence-electron chi connectivity index (χ4n) is 0.537. The first-order chi connectivity index (χ1) is 3.31. The van der Waals surface area contributed by atoms with E-state index in [1.165, 1.54) is 19.3 Å². The van der Waals surface area contributed by atoms with Gasteiger partial charge in [0.2, 0.25) is 0 Å². The van der Waals surface area contributed by atoms with Gasteiger partial charge in [0, 0.05) is 5.25 Å². The largest absolute Gasteiger partial charge is 0.176 e. The van der Waals surface area contributed by atoms with Crippen molar-refractivity contribution >= 4 is 12.6 Å². The molecule has 0 nitrogen and oxygen atoms in total. The fourth-order valence-corrected chi connectivity index (χ4v) is 0.796. The Morgan fingerprint density at radius 1 is 1.43 bits per heavy atom. The molecule has 0 saturated carbocycles. The van der Waals surface area contributed by atoms with Gasteiger partial charge in [0.25, 0.3) is 0 Å². The van der Waals surface area contributed by atoms with Crippen molar-refractivity contribution in [1.82, 2.24) is 0 Å². The normalized spacial score (nSPS) is 14.1. The van der Waals surface area contributed by atoms with Crippen LogP contribution in [0.4, 0.5) is 0 Å². The first-order valence-corrected chi connectivity index (χ1v) is 3.51. The van der Waals surface area contributed by atoms with Crippen LogP contribution in [0.3, 0.4) is 0 Å². The molecule has 1 atom stereocenters. The van der Waals surface area contributed by atoms with Gasteiger partial charge in [-0.2, -0.15) is 12.6 Å². The van der Waals surface area contributed by atoms with Crippen LogP contribution in [-0.2, 0) is 0 Å². The molecule has 0 spiro atoms. The van der Waals surface area contributed by atoms with E-state index in [4.69, 9.17) is 0 Å². The molecule has 0 aliphatic rings. The van der Waals surface area contributed by atoms with Crippen LogP contribution in [0, 0.1) is 0 Å². The molecule has 0 amide bonds. The van der Waals surface area contributed by atoms with Crippen LogP contribution in [0.15, 0.2) is 0 Å². The summed E-state index contributed by atoms with van der Waals surface area (Å²) in [5.41, 5.74) is 0. The molecule has 0 fully saturated rings. The monoisotopic (exact) mass is 118 g/mol. The zero-order valence-electron chi connectivity index (χ0n) is 5.15. The minimum absolute atomic E-state index is 0.644. The standard InChI is InChI=1S/C6H14S/c1-3-5-6(7)4-2/h6-7H,3-5H2,1-2H3. The van der Waals surface area contributed by atoms with Crippen LogP contribution < -0.4 is 0 Å². The Morgan fingerprint density at radius 3 is 2.14 bits per heavy atom. The van der Waals surface area contributed by atoms with Crippen LogP contribution in [0.2, 0.25) is 0 Å². The Balaban J connectivity index is 2.83. The summed E-state index contributed by atoms with van der Waals surface area (Å²) in [7, 11) is 0. The van der Waals surface area contributed by atoms with Crippen molar-refractivity contribution in [3.8, 4) is 0 Å². The van der Waals surface area contributed by atoms with Gasteiger partial charge in [-0.15, -0.1) is 0 Å². The molecule has 0 rings (SSSR count). The van der Waals surface area contributed by atoms with E-state index in [1.807, 2.05) is 0 Å². The van der Waals surface area contributed by atoms with Crippen molar-refractivity contribution in [2.75, 3.05) is 0 Å². The predicted molar refractivity (Wildman–Crippen MR) is 38.0 cm³/mol. The third-order valence-electron chi connectivity index (χ3n) is 1.09. The van der Waals surface area contributed by atoms with Gasteiger partial charge in [-0.25, -0.2) is 0 Å². The van der Waals surface area contributed by atoms with Crippen LogP contribution in [-0.4, -0.2) is 5.25 Å². The highest BCUT2D eigenvalue weighted by atomic mass is 32.1. The molecule has 0 N–H and O–H groups in total. The Labute approximate surface area is 51.7 Å². The lowest BCUT2D eigenvalue weighted by Crippen LogP contribution is -1.92. The lowest BCUT2D eigenvalue weighted by Gasteiger charge is -2.01. The second-order valence-electron chi connectivity index (χ2n) is 1.85. The second kappa shape index (κ2) is 4.51. The molecule has 0 aliphatic carbocycles. The third kappa shape index (κ3) is 4.20. The maximum atomic E-state index is 4.31. The van der Waals surface area contributed by atoms with Crippen LogP contribution >= 0.6 is 12.6 Å². The molecule has 0 aromatic rings. The molecular formula is C6H14S. The average molecular weight is 118 g/mol. The van der Waals surface area contributed by atoms with Crippen molar-refractivity contribution in [2.24, 2.45) is 0 Å². The van der Waals surface area contributed by atoms with E-state index in [9.17, 15) is 0 Å². The zero-order valence-corrected chi connectivity index (χ0v) is 6.04. The quantitative estimate of drug-likeness (QED) is 0.541.